The fraction of sp³-hybridized carbons (Fsp3) is 0.304. The van der Waals surface area contributed by atoms with Crippen molar-refractivity contribution < 1.29 is 10.3 Å². The van der Waals surface area contributed by atoms with Crippen molar-refractivity contribution in [2.45, 2.75) is 44.2 Å². The molecule has 1 aliphatic rings. The van der Waals surface area contributed by atoms with E-state index in [1.807, 2.05) is 0 Å². The Morgan fingerprint density at radius 3 is 2.42 bits per heavy atom. The smallest absolute Gasteiger partial charge is 0.258 e. The lowest BCUT2D eigenvalue weighted by Crippen LogP contribution is -2.49. The number of aromatic amines is 1. The highest BCUT2D eigenvalue weighted by atomic mass is 35.5. The average Bonchev–Trinajstić information content (AvgIpc) is 2.78. The quantitative estimate of drug-likeness (QED) is 0.581. The zero-order chi connectivity index (χ0) is 22.9. The molecule has 2 heterocycles. The first-order valence-electron chi connectivity index (χ1n) is 10.3. The molecule has 2 aromatic heterocycles. The molecule has 4 N–H and O–H groups in total. The van der Waals surface area contributed by atoms with E-state index in [4.69, 9.17) is 23.2 Å². The minimum Gasteiger partial charge on any atom is -0.412 e. The fourth-order valence-corrected chi connectivity index (χ4v) is 4.67. The number of carbonyl (C=O) groups excluding carboxylic acids is 1. The van der Waals surface area contributed by atoms with Crippen molar-refractivity contribution in [2.75, 3.05) is 0 Å². The van der Waals surface area contributed by atoms with Crippen LogP contribution < -0.4 is 16.3 Å². The van der Waals surface area contributed by atoms with E-state index in [1.54, 1.807) is 22.8 Å². The van der Waals surface area contributed by atoms with Crippen molar-refractivity contribution in [3.63, 3.8) is 0 Å². The maximum absolute atomic E-state index is 13.1. The van der Waals surface area contributed by atoms with Gasteiger partial charge in [0.25, 0.3) is 5.91 Å². The molecule has 0 saturated heterocycles. The Morgan fingerprint density at radius 1 is 1.12 bits per heavy atom. The maximum atomic E-state index is 13.1. The lowest BCUT2D eigenvalue weighted by Gasteiger charge is -2.31. The number of halogens is 2. The summed E-state index contributed by atoms with van der Waals surface area (Å²) in [4.78, 5) is 40.7. The maximum Gasteiger partial charge on any atom is 0.258 e. The third-order valence-electron chi connectivity index (χ3n) is 5.87. The van der Waals surface area contributed by atoms with E-state index in [9.17, 15) is 19.6 Å². The highest BCUT2D eigenvalue weighted by molar-refractivity contribution is 6.36. The Balaban J connectivity index is 0.00000306. The summed E-state index contributed by atoms with van der Waals surface area (Å²) < 4.78 is 1.65. The van der Waals surface area contributed by atoms with Crippen LogP contribution in [0.4, 0.5) is 0 Å². The number of pyridine rings is 2. The van der Waals surface area contributed by atoms with Gasteiger partial charge in [0.2, 0.25) is 11.0 Å². The van der Waals surface area contributed by atoms with Crippen molar-refractivity contribution in [3.05, 3.63) is 78.3 Å². The van der Waals surface area contributed by atoms with E-state index in [-0.39, 0.29) is 23.1 Å². The van der Waals surface area contributed by atoms with E-state index in [1.165, 1.54) is 18.3 Å². The van der Waals surface area contributed by atoms with Crippen LogP contribution in [0.2, 0.25) is 10.0 Å². The van der Waals surface area contributed by atoms with Crippen LogP contribution in [0.15, 0.2) is 46.1 Å². The molecule has 1 amide bonds. The fourth-order valence-electron chi connectivity index (χ4n) is 4.15. The number of nitriles is 1. The molecule has 0 unspecified atom stereocenters. The molecule has 1 aromatic carbocycles. The Labute approximate surface area is 199 Å². The van der Waals surface area contributed by atoms with Gasteiger partial charge in [0, 0.05) is 27.9 Å². The molecule has 0 spiro atoms. The van der Waals surface area contributed by atoms with Crippen LogP contribution in [-0.4, -0.2) is 26.5 Å². The van der Waals surface area contributed by atoms with Crippen molar-refractivity contribution >= 4 is 40.1 Å². The first-order valence-corrected chi connectivity index (χ1v) is 11.0. The summed E-state index contributed by atoms with van der Waals surface area (Å²) in [6.45, 7) is 0.172. The van der Waals surface area contributed by atoms with Gasteiger partial charge in [-0.2, -0.15) is 5.26 Å². The molecule has 8 nitrogen and oxygen atoms in total. The second-order valence-electron chi connectivity index (χ2n) is 7.99. The molecule has 4 rings (SSSR count). The van der Waals surface area contributed by atoms with Gasteiger partial charge in [0.15, 0.2) is 0 Å². The molecule has 172 valence electrons. The van der Waals surface area contributed by atoms with Crippen LogP contribution in [0.5, 0.6) is 0 Å². The number of amides is 1. The molecule has 10 heteroatoms. The second-order valence-corrected chi connectivity index (χ2v) is 8.81. The molecule has 33 heavy (non-hydrogen) atoms. The Morgan fingerprint density at radius 2 is 1.79 bits per heavy atom. The van der Waals surface area contributed by atoms with E-state index >= 15 is 0 Å². The van der Waals surface area contributed by atoms with Gasteiger partial charge in [0.05, 0.1) is 18.1 Å². The number of nitrogens with one attached hydrogen (secondary N) is 2. The van der Waals surface area contributed by atoms with Crippen molar-refractivity contribution in [1.29, 1.82) is 5.26 Å². The van der Waals surface area contributed by atoms with Gasteiger partial charge < -0.3 is 20.3 Å². The SMILES string of the molecule is N#CC1(NC(=O)c2cn(Cc3c(Cl)cccc3Cl)c3ccc(=O)[nH]c3c2=O)CCCCC1.O. The second kappa shape index (κ2) is 9.79. The molecular formula is C23H22Cl2N4O4. The van der Waals surface area contributed by atoms with E-state index in [0.717, 1.165) is 19.3 Å². The van der Waals surface area contributed by atoms with Gasteiger partial charge in [-0.1, -0.05) is 48.5 Å². The molecule has 0 atom stereocenters. The number of H-pyrrole nitrogens is 1. The van der Waals surface area contributed by atoms with Crippen molar-refractivity contribution in [2.24, 2.45) is 0 Å². The number of benzene rings is 1. The molecule has 1 saturated carbocycles. The van der Waals surface area contributed by atoms with E-state index in [2.05, 4.69) is 16.4 Å². The molecule has 0 aliphatic heterocycles. The zero-order valence-corrected chi connectivity index (χ0v) is 19.1. The molecular weight excluding hydrogens is 467 g/mol. The average molecular weight is 489 g/mol. The van der Waals surface area contributed by atoms with Gasteiger partial charge in [-0.05, 0) is 31.0 Å². The van der Waals surface area contributed by atoms with Crippen LogP contribution in [-0.2, 0) is 6.54 Å². The lowest BCUT2D eigenvalue weighted by atomic mass is 9.82. The minimum atomic E-state index is -1.00. The van der Waals surface area contributed by atoms with Gasteiger partial charge in [-0.25, -0.2) is 0 Å². The van der Waals surface area contributed by atoms with Crippen molar-refractivity contribution in [1.82, 2.24) is 14.9 Å². The largest absolute Gasteiger partial charge is 0.412 e. The first kappa shape index (κ1) is 24.5. The van der Waals surface area contributed by atoms with Crippen LogP contribution in [0.3, 0.4) is 0 Å². The van der Waals surface area contributed by atoms with Gasteiger partial charge in [-0.3, -0.25) is 14.4 Å². The van der Waals surface area contributed by atoms with Crippen LogP contribution in [0.25, 0.3) is 11.0 Å². The predicted molar refractivity (Wildman–Crippen MR) is 127 cm³/mol. The summed E-state index contributed by atoms with van der Waals surface area (Å²) in [6.07, 6.45) is 5.14. The number of carbonyl (C=O) groups is 1. The van der Waals surface area contributed by atoms with E-state index < -0.39 is 22.4 Å². The van der Waals surface area contributed by atoms with Gasteiger partial charge in [0.1, 0.15) is 16.6 Å². The molecule has 1 aliphatic carbocycles. The first-order chi connectivity index (χ1) is 15.3. The lowest BCUT2D eigenvalue weighted by molar-refractivity contribution is 0.0901. The zero-order valence-electron chi connectivity index (χ0n) is 17.6. The number of nitrogens with zero attached hydrogens (tertiary/aromatic N) is 2. The van der Waals surface area contributed by atoms with Crippen molar-refractivity contribution in [3.8, 4) is 6.07 Å². The third-order valence-corrected chi connectivity index (χ3v) is 6.58. The summed E-state index contributed by atoms with van der Waals surface area (Å²) in [5.41, 5.74) is -1.20. The Kier molecular flexibility index (Phi) is 7.28. The highest BCUT2D eigenvalue weighted by Gasteiger charge is 2.34. The standard InChI is InChI=1S/C23H20Cl2N4O3.H2O/c24-16-5-4-6-17(25)14(16)11-29-12-15(21(31)20-18(29)7-8-19(30)27-20)22(32)28-23(13-26)9-2-1-3-10-23;/h4-8,12H,1-3,9-11H2,(H,27,30)(H,28,32);1H2. The minimum absolute atomic E-state index is 0. The van der Waals surface area contributed by atoms with E-state index in [0.29, 0.717) is 34.0 Å². The predicted octanol–water partition coefficient (Wildman–Crippen LogP) is 3.18. The number of aromatic nitrogens is 2. The van der Waals surface area contributed by atoms with Crippen LogP contribution >= 0.6 is 23.2 Å². The topological polar surface area (TPSA) is 139 Å². The summed E-state index contributed by atoms with van der Waals surface area (Å²) in [5, 5.41) is 13.3. The molecule has 1 fully saturated rings. The number of hydrogen-bond donors (Lipinski definition) is 2. The summed E-state index contributed by atoms with van der Waals surface area (Å²) in [7, 11) is 0. The number of rotatable bonds is 4. The molecule has 0 bridgehead atoms. The molecule has 3 aromatic rings. The summed E-state index contributed by atoms with van der Waals surface area (Å²) in [6, 6.07) is 10.2. The van der Waals surface area contributed by atoms with Gasteiger partial charge >= 0.3 is 0 Å². The van der Waals surface area contributed by atoms with Gasteiger partial charge in [-0.15, -0.1) is 0 Å². The number of fused-ring (bicyclic) bond motifs is 1. The van der Waals surface area contributed by atoms with Crippen LogP contribution in [0.1, 0.15) is 48.0 Å². The molecule has 0 radical (unpaired) electrons. The highest BCUT2D eigenvalue weighted by Crippen LogP contribution is 2.28. The summed E-state index contributed by atoms with van der Waals surface area (Å²) in [5.74, 6) is -0.649. The third kappa shape index (κ3) is 4.81. The Hall–Kier alpha value is -3.12. The van der Waals surface area contributed by atoms with Crippen LogP contribution in [0, 0.1) is 11.3 Å². The monoisotopic (exact) mass is 488 g/mol. The summed E-state index contributed by atoms with van der Waals surface area (Å²) >= 11 is 12.6. The normalized spacial score (nSPS) is 14.8. The number of hydrogen-bond acceptors (Lipinski definition) is 4. The Bertz CT molecular complexity index is 1350.